The number of unbranched alkanes of at least 4 members (excludes halogenated alkanes) is 1. The first-order valence-corrected chi connectivity index (χ1v) is 31.0. The molecule has 0 aliphatic carbocycles. The number of anilines is 1. The molecule has 5 N–H and O–H groups in total. The fraction of sp³-hybridized carbons (Fsp3) is 0.359. The first kappa shape index (κ1) is 61.5. The summed E-state index contributed by atoms with van der Waals surface area (Å²) in [5, 5.41) is 26.3. The Morgan fingerprint density at radius 3 is 2.37 bits per heavy atom. The van der Waals surface area contributed by atoms with Crippen LogP contribution in [0.3, 0.4) is 0 Å². The molecule has 462 valence electrons. The number of likely N-dealkylation sites (N-methyl/N-ethyl adjacent to an activating group) is 1. The highest BCUT2D eigenvalue weighted by atomic mass is 35.5. The standard InChI is InChI=1S/C60H59ClFN11O7S.C4H7NO3/c1-2-63-52(76)35-71-47-17-9-13-39-41-32-48-37(31-44(41)62)34-66-72(48)73(29-21-36(22-30-73)55(69-71)54(39)47)53(77)20-19-50(74)64-25-7-8-26-65-59(79)60(80-49-18-6-4-12-40(49)57-68-46-16-10-14-43(61)56(46)81-57)23-27-70(28-24-60)58(78)42-33-51(75)67-45-15-5-3-11-38(42)45;1-8-4(7)2-5-3-6/h3-6,9-18,31-32,34,36,42H,2,7-8,19-30,33,35H2,1H3,(H3-,63,64,65,67,74,75,76,79);3H,2H2,1H3,(H,5,6)/p+1. The van der Waals surface area contributed by atoms with Crippen molar-refractivity contribution in [1.82, 2.24) is 55.4 Å². The van der Waals surface area contributed by atoms with Crippen LogP contribution in [-0.2, 0) is 49.6 Å². The van der Waals surface area contributed by atoms with Crippen LogP contribution < -0.4 is 35.9 Å². The first-order chi connectivity index (χ1) is 43.1. The Kier molecular flexibility index (Phi) is 18.4. The molecule has 3 aromatic heterocycles. The Morgan fingerprint density at radius 1 is 0.865 bits per heavy atom. The van der Waals surface area contributed by atoms with Gasteiger partial charge in [0.05, 0.1) is 57.7 Å². The number of halogens is 2. The number of carbonyl (C=O) groups is 8. The van der Waals surface area contributed by atoms with E-state index in [2.05, 4.69) is 31.3 Å². The SMILES string of the molecule is CCNC(=O)Cn1nc2c3c(cccc31)-c1cc3c(cnn3[N+]3(C(=O)CCC(=O)NCCCCNC(=O)C4(Oc5ccccc5-c5nc6cccc(Cl)c6s5)CCN(C(=O)C5CC(=O)Nc6ccccc65)CC4)CCC2CC3)cc1F.COC(=O)CNC=O. The number of piperidine rings is 2. The number of rotatable bonds is 19. The summed E-state index contributed by atoms with van der Waals surface area (Å²) in [7, 11) is 1.26. The number of quaternary nitrogens is 1. The Hall–Kier alpha value is -9.13. The van der Waals surface area contributed by atoms with Gasteiger partial charge in [0.2, 0.25) is 30.0 Å². The van der Waals surface area contributed by atoms with E-state index in [-0.39, 0.29) is 111 Å². The summed E-state index contributed by atoms with van der Waals surface area (Å²) in [5.74, 6) is -2.56. The molecule has 25 heteroatoms. The zero-order valence-corrected chi connectivity index (χ0v) is 50.7. The average molecular weight is 1250 g/mol. The zero-order chi connectivity index (χ0) is 62.4. The number of methoxy groups -OCH3 is 1. The number of hydrogen-bond acceptors (Lipinski definition) is 14. The van der Waals surface area contributed by atoms with Gasteiger partial charge >= 0.3 is 11.9 Å². The van der Waals surface area contributed by atoms with E-state index in [0.29, 0.717) is 107 Å². The maximum Gasteiger partial charge on any atom is 0.340 e. The second kappa shape index (κ2) is 26.7. The average Bonchev–Trinajstić information content (AvgIpc) is 1.63. The normalized spacial score (nSPS) is 18.0. The number of likely N-dealkylation sites (tertiary alicyclic amines) is 1. The van der Waals surface area contributed by atoms with Crippen LogP contribution in [0.1, 0.15) is 87.8 Å². The van der Waals surface area contributed by atoms with Crippen LogP contribution in [0, 0.1) is 5.82 Å². The van der Waals surface area contributed by atoms with E-state index in [1.165, 1.54) is 24.5 Å². The molecule has 1 atom stereocenters. The maximum absolute atomic E-state index is 16.2. The lowest BCUT2D eigenvalue weighted by atomic mass is 9.86. The van der Waals surface area contributed by atoms with Crippen LogP contribution in [-0.4, -0.2) is 142 Å². The number of nitrogens with one attached hydrogen (secondary N) is 5. The van der Waals surface area contributed by atoms with Gasteiger partial charge in [-0.3, -0.25) is 38.2 Å². The van der Waals surface area contributed by atoms with Gasteiger partial charge in [0.1, 0.15) is 48.3 Å². The van der Waals surface area contributed by atoms with Crippen LogP contribution in [0.2, 0.25) is 5.02 Å². The quantitative estimate of drug-likeness (QED) is 0.0229. The minimum atomic E-state index is -1.37. The van der Waals surface area contributed by atoms with Gasteiger partial charge in [-0.2, -0.15) is 5.10 Å². The number of carbonyl (C=O) groups excluding carboxylic acids is 8. The van der Waals surface area contributed by atoms with E-state index in [9.17, 15) is 38.4 Å². The van der Waals surface area contributed by atoms with Gasteiger partial charge in [-0.1, -0.05) is 64.9 Å². The predicted octanol–water partition coefficient (Wildman–Crippen LogP) is 7.38. The summed E-state index contributed by atoms with van der Waals surface area (Å²) in [6.45, 7) is 4.05. The first-order valence-electron chi connectivity index (χ1n) is 29.8. The number of para-hydroxylation sites is 2. The second-order valence-corrected chi connectivity index (χ2v) is 23.9. The third-order valence-electron chi connectivity index (χ3n) is 17.0. The Bertz CT molecular complexity index is 4060. The number of benzene rings is 5. The molecule has 2 saturated heterocycles. The molecule has 0 saturated carbocycles. The fourth-order valence-corrected chi connectivity index (χ4v) is 13.8. The van der Waals surface area contributed by atoms with Crippen LogP contribution in [0.25, 0.3) is 53.7 Å². The maximum atomic E-state index is 16.2. The highest BCUT2D eigenvalue weighted by molar-refractivity contribution is 7.22. The topological polar surface area (TPSA) is 267 Å². The van der Waals surface area contributed by atoms with Gasteiger partial charge in [-0.25, -0.2) is 14.2 Å². The molecular weight excluding hydrogens is 1180 g/mol. The molecule has 5 aromatic carbocycles. The van der Waals surface area contributed by atoms with E-state index in [4.69, 9.17) is 31.5 Å². The van der Waals surface area contributed by atoms with E-state index >= 15 is 4.39 Å². The van der Waals surface area contributed by atoms with Gasteiger partial charge in [0.25, 0.3) is 5.91 Å². The van der Waals surface area contributed by atoms with Gasteiger partial charge < -0.3 is 41.0 Å². The van der Waals surface area contributed by atoms with Gasteiger partial charge in [0.15, 0.2) is 5.60 Å². The summed E-state index contributed by atoms with van der Waals surface area (Å²) in [5.41, 5.74) is 4.54. The van der Waals surface area contributed by atoms with E-state index in [1.54, 1.807) is 32.7 Å². The fourth-order valence-electron chi connectivity index (χ4n) is 12.5. The molecule has 13 rings (SSSR count). The molecule has 0 spiro atoms. The van der Waals surface area contributed by atoms with Crippen molar-refractivity contribution in [2.24, 2.45) is 0 Å². The summed E-state index contributed by atoms with van der Waals surface area (Å²) >= 11 is 7.99. The molecular formula is C64H67ClFN12O10S+. The van der Waals surface area contributed by atoms with Crippen molar-refractivity contribution >= 4 is 108 Å². The molecule has 5 aliphatic rings. The van der Waals surface area contributed by atoms with Gasteiger partial charge in [-0.05, 0) is 79.4 Å². The van der Waals surface area contributed by atoms with Crippen molar-refractivity contribution in [3.8, 4) is 27.4 Å². The van der Waals surface area contributed by atoms with E-state index < -0.39 is 23.3 Å². The Balaban J connectivity index is 0.000000956. The highest BCUT2D eigenvalue weighted by Crippen LogP contribution is 2.44. The number of hydrogen-bond donors (Lipinski definition) is 5. The number of amides is 7. The number of fused-ring (bicyclic) bond motifs is 4. The smallest absolute Gasteiger partial charge is 0.340 e. The van der Waals surface area contributed by atoms with Crippen LogP contribution in [0.4, 0.5) is 10.1 Å². The highest BCUT2D eigenvalue weighted by Gasteiger charge is 2.48. The summed E-state index contributed by atoms with van der Waals surface area (Å²) in [4.78, 5) is 110. The number of aromatic nitrogens is 5. The number of thiazole rings is 1. The van der Waals surface area contributed by atoms with E-state index in [0.717, 1.165) is 32.4 Å². The molecule has 7 amide bonds. The third-order valence-corrected chi connectivity index (χ3v) is 18.6. The molecule has 5 aliphatic heterocycles. The summed E-state index contributed by atoms with van der Waals surface area (Å²) in [6, 6.07) is 29.1. The van der Waals surface area contributed by atoms with Crippen molar-refractivity contribution in [3.05, 3.63) is 125 Å². The summed E-state index contributed by atoms with van der Waals surface area (Å²) < 4.78 is 29.6. The second-order valence-electron chi connectivity index (χ2n) is 22.5. The minimum Gasteiger partial charge on any atom is -0.477 e. The predicted molar refractivity (Wildman–Crippen MR) is 334 cm³/mol. The molecule has 4 bridgehead atoms. The molecule has 89 heavy (non-hydrogen) atoms. The Labute approximate surface area is 520 Å². The summed E-state index contributed by atoms with van der Waals surface area (Å²) in [6.07, 6.45) is 4.48. The largest absolute Gasteiger partial charge is 0.477 e. The van der Waals surface area contributed by atoms with Crippen LogP contribution in [0.5, 0.6) is 5.75 Å². The van der Waals surface area contributed by atoms with Crippen molar-refractivity contribution in [2.75, 3.05) is 64.8 Å². The molecule has 8 heterocycles. The Morgan fingerprint density at radius 2 is 1.61 bits per heavy atom. The number of nitrogens with zero attached hydrogens (tertiary/aromatic N) is 7. The monoisotopic (exact) mass is 1250 g/mol. The van der Waals surface area contributed by atoms with Crippen molar-refractivity contribution in [1.29, 1.82) is 0 Å². The lowest BCUT2D eigenvalue weighted by Gasteiger charge is -2.42. The molecule has 2 fully saturated rings. The zero-order valence-electron chi connectivity index (χ0n) is 49.2. The van der Waals surface area contributed by atoms with Crippen molar-refractivity contribution < 1.29 is 52.2 Å². The van der Waals surface area contributed by atoms with Crippen LogP contribution >= 0.6 is 22.9 Å². The third kappa shape index (κ3) is 12.7. The van der Waals surface area contributed by atoms with E-state index in [1.807, 2.05) is 85.8 Å². The lowest BCUT2D eigenvalue weighted by Crippen LogP contribution is -2.65. The molecule has 0 radical (unpaired) electrons. The van der Waals surface area contributed by atoms with Crippen LogP contribution in [0.15, 0.2) is 103 Å². The number of esters is 1. The lowest BCUT2D eigenvalue weighted by molar-refractivity contribution is -0.147. The van der Waals surface area contributed by atoms with Gasteiger partial charge in [-0.15, -0.1) is 21.0 Å². The molecule has 22 nitrogen and oxygen atoms in total. The van der Waals surface area contributed by atoms with Gasteiger partial charge in [0, 0.05) is 99.2 Å². The number of ether oxygens (including phenoxy) is 2. The molecule has 1 unspecified atom stereocenters. The molecule has 8 aromatic rings. The van der Waals surface area contributed by atoms with Crippen molar-refractivity contribution in [2.45, 2.75) is 88.7 Å². The van der Waals surface area contributed by atoms with Crippen molar-refractivity contribution in [3.63, 3.8) is 0 Å². The minimum absolute atomic E-state index is 0.00893.